The summed E-state index contributed by atoms with van der Waals surface area (Å²) >= 11 is 0. The number of rotatable bonds is 7. The molecule has 1 aliphatic heterocycles. The Labute approximate surface area is 175 Å². The molecule has 1 aromatic carbocycles. The van der Waals surface area contributed by atoms with Crippen LogP contribution in [0.4, 0.5) is 0 Å². The average Bonchev–Trinajstić information content (AvgIpc) is 3.43. The second-order valence-electron chi connectivity index (χ2n) is 8.60. The van der Waals surface area contributed by atoms with Crippen molar-refractivity contribution in [3.63, 3.8) is 0 Å². The first-order valence-corrected chi connectivity index (χ1v) is 11.1. The van der Waals surface area contributed by atoms with Gasteiger partial charge < -0.3 is 15.5 Å². The van der Waals surface area contributed by atoms with Crippen LogP contribution in [0, 0.1) is 5.92 Å². The van der Waals surface area contributed by atoms with Gasteiger partial charge in [0.1, 0.15) is 0 Å². The highest BCUT2D eigenvalue weighted by molar-refractivity contribution is 5.81. The predicted molar refractivity (Wildman–Crippen MR) is 119 cm³/mol. The van der Waals surface area contributed by atoms with Crippen LogP contribution in [0.5, 0.6) is 0 Å². The molecule has 2 aliphatic rings. The van der Waals surface area contributed by atoms with E-state index in [0.717, 1.165) is 51.4 Å². The highest BCUT2D eigenvalue weighted by atomic mass is 16.2. The van der Waals surface area contributed by atoms with Gasteiger partial charge in [-0.1, -0.05) is 43.2 Å². The Bertz CT molecular complexity index is 671. The summed E-state index contributed by atoms with van der Waals surface area (Å²) in [6, 6.07) is 11.2. The molecule has 1 saturated carbocycles. The Hall–Kier alpha value is -2.08. The van der Waals surface area contributed by atoms with Gasteiger partial charge in [0, 0.05) is 51.2 Å². The Morgan fingerprint density at radius 3 is 2.66 bits per heavy atom. The van der Waals surface area contributed by atoms with Crippen molar-refractivity contribution >= 4 is 11.9 Å². The summed E-state index contributed by atoms with van der Waals surface area (Å²) in [5.74, 6) is 1.46. The first-order valence-electron chi connectivity index (χ1n) is 11.1. The highest BCUT2D eigenvalue weighted by Gasteiger charge is 2.32. The number of carbonyl (C=O) groups excluding carboxylic acids is 1. The van der Waals surface area contributed by atoms with Crippen molar-refractivity contribution in [1.82, 2.24) is 20.4 Å². The van der Waals surface area contributed by atoms with Crippen LogP contribution in [-0.4, -0.2) is 67.5 Å². The number of benzene rings is 1. The molecule has 1 aliphatic carbocycles. The van der Waals surface area contributed by atoms with E-state index in [2.05, 4.69) is 69.7 Å². The van der Waals surface area contributed by atoms with E-state index < -0.39 is 0 Å². The molecule has 1 saturated heterocycles. The van der Waals surface area contributed by atoms with E-state index in [-0.39, 0.29) is 12.0 Å². The lowest BCUT2D eigenvalue weighted by Gasteiger charge is -2.26. The van der Waals surface area contributed by atoms with E-state index in [1.165, 1.54) is 18.4 Å². The first-order chi connectivity index (χ1) is 14.1. The third-order valence-corrected chi connectivity index (χ3v) is 6.36. The molecule has 160 valence electrons. The summed E-state index contributed by atoms with van der Waals surface area (Å²) in [7, 11) is 3.96. The Morgan fingerprint density at radius 1 is 1.24 bits per heavy atom. The van der Waals surface area contributed by atoms with Gasteiger partial charge in [-0.15, -0.1) is 0 Å². The minimum Gasteiger partial charge on any atom is -0.355 e. The summed E-state index contributed by atoms with van der Waals surface area (Å²) in [5, 5.41) is 6.97. The molecular weight excluding hydrogens is 362 g/mol. The lowest BCUT2D eigenvalue weighted by Crippen LogP contribution is -2.48. The van der Waals surface area contributed by atoms with Gasteiger partial charge in [0.25, 0.3) is 0 Å². The summed E-state index contributed by atoms with van der Waals surface area (Å²) in [6.45, 7) is 5.62. The van der Waals surface area contributed by atoms with Crippen LogP contribution in [0.2, 0.25) is 0 Å². The van der Waals surface area contributed by atoms with Gasteiger partial charge >= 0.3 is 0 Å². The summed E-state index contributed by atoms with van der Waals surface area (Å²) in [6.07, 6.45) is 5.55. The van der Waals surface area contributed by atoms with Gasteiger partial charge in [-0.05, 0) is 38.8 Å². The number of likely N-dealkylation sites (N-methyl/N-ethyl adjacent to an activating group) is 1. The fraction of sp³-hybridized carbons (Fsp3) is 0.652. The Kier molecular flexibility index (Phi) is 7.92. The van der Waals surface area contributed by atoms with E-state index >= 15 is 0 Å². The third kappa shape index (κ3) is 6.20. The van der Waals surface area contributed by atoms with Crippen molar-refractivity contribution in [2.75, 3.05) is 33.7 Å². The zero-order valence-electron chi connectivity index (χ0n) is 18.2. The van der Waals surface area contributed by atoms with E-state index in [0.29, 0.717) is 11.9 Å². The molecule has 3 rings (SSSR count). The number of nitrogens with one attached hydrogen (secondary N) is 2. The summed E-state index contributed by atoms with van der Waals surface area (Å²) in [4.78, 5) is 21.4. The number of aliphatic imine (C=N–C) groups is 1. The quantitative estimate of drug-likeness (QED) is 0.546. The molecular formula is C23H37N5O. The van der Waals surface area contributed by atoms with Crippen LogP contribution in [0.3, 0.4) is 0 Å². The maximum absolute atomic E-state index is 12.6. The maximum atomic E-state index is 12.6. The number of carbonyl (C=O) groups is 1. The van der Waals surface area contributed by atoms with Crippen molar-refractivity contribution in [2.45, 2.75) is 57.7 Å². The van der Waals surface area contributed by atoms with Crippen LogP contribution in [0.1, 0.15) is 44.6 Å². The summed E-state index contributed by atoms with van der Waals surface area (Å²) in [5.41, 5.74) is 1.32. The Balaban J connectivity index is 1.40. The summed E-state index contributed by atoms with van der Waals surface area (Å²) < 4.78 is 0. The molecule has 2 atom stereocenters. The van der Waals surface area contributed by atoms with Gasteiger partial charge in [0.15, 0.2) is 5.96 Å². The van der Waals surface area contributed by atoms with Crippen LogP contribution < -0.4 is 10.6 Å². The zero-order chi connectivity index (χ0) is 20.6. The fourth-order valence-electron chi connectivity index (χ4n) is 4.32. The van der Waals surface area contributed by atoms with Crippen molar-refractivity contribution < 1.29 is 4.79 Å². The zero-order valence-corrected chi connectivity index (χ0v) is 18.2. The maximum Gasteiger partial charge on any atom is 0.225 e. The smallest absolute Gasteiger partial charge is 0.225 e. The molecule has 6 heteroatoms. The van der Waals surface area contributed by atoms with Crippen LogP contribution in [-0.2, 0) is 11.3 Å². The van der Waals surface area contributed by atoms with Crippen molar-refractivity contribution in [3.05, 3.63) is 35.9 Å². The van der Waals surface area contributed by atoms with E-state index in [1.807, 2.05) is 7.05 Å². The monoisotopic (exact) mass is 399 g/mol. The molecule has 1 aromatic rings. The Morgan fingerprint density at radius 2 is 1.97 bits per heavy atom. The molecule has 0 aromatic heterocycles. The molecule has 6 nitrogen and oxygen atoms in total. The number of amides is 1. The highest BCUT2D eigenvalue weighted by Crippen LogP contribution is 2.27. The van der Waals surface area contributed by atoms with Crippen molar-refractivity contribution in [3.8, 4) is 0 Å². The SMILES string of the molecule is CN=C(NCC(C)N(C)Cc1ccccc1)NC1CCN(C(=O)C2CCCC2)C1. The fourth-order valence-corrected chi connectivity index (χ4v) is 4.32. The number of likely N-dealkylation sites (tertiary alicyclic amines) is 1. The number of nitrogens with zero attached hydrogens (tertiary/aromatic N) is 3. The van der Waals surface area contributed by atoms with E-state index in [4.69, 9.17) is 0 Å². The molecule has 29 heavy (non-hydrogen) atoms. The molecule has 2 unspecified atom stereocenters. The van der Waals surface area contributed by atoms with E-state index in [9.17, 15) is 4.79 Å². The molecule has 0 spiro atoms. The molecule has 1 heterocycles. The van der Waals surface area contributed by atoms with Gasteiger partial charge in [-0.3, -0.25) is 14.7 Å². The van der Waals surface area contributed by atoms with Gasteiger partial charge in [0.2, 0.25) is 5.91 Å². The number of hydrogen-bond donors (Lipinski definition) is 2. The largest absolute Gasteiger partial charge is 0.355 e. The standard InChI is InChI=1S/C23H37N5O/c1-18(27(3)16-19-9-5-4-6-10-19)15-25-23(24-2)26-21-13-14-28(17-21)22(29)20-11-7-8-12-20/h4-6,9-10,18,20-21H,7-8,11-17H2,1-3H3,(H2,24,25,26). The normalized spacial score (nSPS) is 21.6. The second kappa shape index (κ2) is 10.6. The topological polar surface area (TPSA) is 60.0 Å². The number of hydrogen-bond acceptors (Lipinski definition) is 3. The van der Waals surface area contributed by atoms with Gasteiger partial charge in [-0.25, -0.2) is 0 Å². The minimum atomic E-state index is 0.271. The lowest BCUT2D eigenvalue weighted by molar-refractivity contribution is -0.134. The second-order valence-corrected chi connectivity index (χ2v) is 8.60. The predicted octanol–water partition coefficient (Wildman–Crippen LogP) is 2.46. The molecule has 1 amide bonds. The van der Waals surface area contributed by atoms with Crippen molar-refractivity contribution in [1.29, 1.82) is 0 Å². The molecule has 0 bridgehead atoms. The van der Waals surface area contributed by atoms with Crippen molar-refractivity contribution in [2.24, 2.45) is 10.9 Å². The van der Waals surface area contributed by atoms with Crippen LogP contribution in [0.15, 0.2) is 35.3 Å². The lowest BCUT2D eigenvalue weighted by atomic mass is 10.1. The van der Waals surface area contributed by atoms with Crippen LogP contribution in [0.25, 0.3) is 0 Å². The number of guanidine groups is 1. The average molecular weight is 400 g/mol. The molecule has 2 N–H and O–H groups in total. The van der Waals surface area contributed by atoms with Gasteiger partial charge in [-0.2, -0.15) is 0 Å². The molecule has 0 radical (unpaired) electrons. The first kappa shape index (κ1) is 21.6. The third-order valence-electron chi connectivity index (χ3n) is 6.36. The molecule has 2 fully saturated rings. The van der Waals surface area contributed by atoms with Gasteiger partial charge in [0.05, 0.1) is 0 Å². The van der Waals surface area contributed by atoms with E-state index in [1.54, 1.807) is 0 Å². The minimum absolute atomic E-state index is 0.271. The van der Waals surface area contributed by atoms with Crippen LogP contribution >= 0.6 is 0 Å².